The van der Waals surface area contributed by atoms with Crippen molar-refractivity contribution in [3.8, 4) is 0 Å². The first kappa shape index (κ1) is 24.0. The van der Waals surface area contributed by atoms with Crippen molar-refractivity contribution in [2.45, 2.75) is 52.6 Å². The SMILES string of the molecule is CC1=[N+](C(C)C(=O)NCc2ccccc2)c2ccc(C)cc2C1(C)C.[O-][Cl+3]([O-])([O-])[O-]. The van der Waals surface area contributed by atoms with Crippen LogP contribution >= 0.6 is 0 Å². The van der Waals surface area contributed by atoms with Crippen LogP contribution < -0.4 is 24.0 Å². The summed E-state index contributed by atoms with van der Waals surface area (Å²) in [5.74, 6) is 0.0485. The summed E-state index contributed by atoms with van der Waals surface area (Å²) in [4.78, 5) is 12.8. The van der Waals surface area contributed by atoms with E-state index in [4.69, 9.17) is 18.6 Å². The molecule has 0 fully saturated rings. The highest BCUT2D eigenvalue weighted by atomic mass is 35.7. The first-order valence-corrected chi connectivity index (χ1v) is 10.7. The van der Waals surface area contributed by atoms with Gasteiger partial charge >= 0.3 is 0 Å². The zero-order valence-electron chi connectivity index (χ0n) is 17.8. The van der Waals surface area contributed by atoms with Crippen molar-refractivity contribution < 1.29 is 38.2 Å². The van der Waals surface area contributed by atoms with Crippen molar-refractivity contribution in [1.29, 1.82) is 0 Å². The normalized spacial score (nSPS) is 15.8. The standard InChI is InChI=1S/C22H26N2O.ClHO4/c1-15-11-12-20-19(13-15)22(4,5)17(3)24(20)16(2)21(25)23-14-18-9-7-6-8-10-18;2-1(3,4)5/h6-13,16H,14H2,1-5H3;(H,2,3,4,5). The van der Waals surface area contributed by atoms with Gasteiger partial charge in [0.05, 0.1) is 5.41 Å². The molecular weight excluding hydrogens is 408 g/mol. The van der Waals surface area contributed by atoms with Crippen LogP contribution in [0.25, 0.3) is 0 Å². The quantitative estimate of drug-likeness (QED) is 0.639. The zero-order chi connectivity index (χ0) is 22.7. The van der Waals surface area contributed by atoms with Gasteiger partial charge in [0.15, 0.2) is 5.71 Å². The summed E-state index contributed by atoms with van der Waals surface area (Å²) < 4.78 is 36.2. The second-order valence-electron chi connectivity index (χ2n) is 7.86. The van der Waals surface area contributed by atoms with Crippen molar-refractivity contribution in [3.05, 3.63) is 65.2 Å². The van der Waals surface area contributed by atoms with Crippen molar-refractivity contribution in [3.63, 3.8) is 0 Å². The molecule has 30 heavy (non-hydrogen) atoms. The van der Waals surface area contributed by atoms with E-state index < -0.39 is 10.2 Å². The molecule has 1 heterocycles. The minimum absolute atomic E-state index is 0.0485. The maximum Gasteiger partial charge on any atom is 0.289 e. The summed E-state index contributed by atoms with van der Waals surface area (Å²) in [5, 5.41) is 3.07. The van der Waals surface area contributed by atoms with E-state index in [1.807, 2.05) is 37.3 Å². The number of carbonyl (C=O) groups excluding carboxylic acids is 1. The van der Waals surface area contributed by atoms with Gasteiger partial charge in [-0.3, -0.25) is 4.79 Å². The molecule has 162 valence electrons. The summed E-state index contributed by atoms with van der Waals surface area (Å²) in [6.45, 7) is 11.3. The summed E-state index contributed by atoms with van der Waals surface area (Å²) in [5.41, 5.74) is 5.97. The van der Waals surface area contributed by atoms with Gasteiger partial charge in [-0.25, -0.2) is 18.6 Å². The number of rotatable bonds is 4. The van der Waals surface area contributed by atoms with Crippen LogP contribution in [0.1, 0.15) is 44.4 Å². The number of nitrogens with one attached hydrogen (secondary N) is 1. The number of benzene rings is 2. The Morgan fingerprint density at radius 1 is 1.07 bits per heavy atom. The third-order valence-electron chi connectivity index (χ3n) is 5.43. The Hall–Kier alpha value is -2.29. The molecule has 0 saturated heterocycles. The van der Waals surface area contributed by atoms with E-state index in [1.165, 1.54) is 16.8 Å². The lowest BCUT2D eigenvalue weighted by Crippen LogP contribution is -2.68. The number of hydrogen-bond acceptors (Lipinski definition) is 5. The van der Waals surface area contributed by atoms with Crippen LogP contribution in [0.15, 0.2) is 48.5 Å². The Kier molecular flexibility index (Phi) is 7.39. The summed E-state index contributed by atoms with van der Waals surface area (Å²) in [6, 6.07) is 16.3. The summed E-state index contributed by atoms with van der Waals surface area (Å²) >= 11 is 0. The average molecular weight is 435 g/mol. The molecule has 1 atom stereocenters. The number of carbonyl (C=O) groups is 1. The van der Waals surface area contributed by atoms with E-state index in [-0.39, 0.29) is 17.4 Å². The summed E-state index contributed by atoms with van der Waals surface area (Å²) in [7, 11) is -4.94. The number of halogens is 1. The average Bonchev–Trinajstić information content (AvgIpc) is 2.85. The highest BCUT2D eigenvalue weighted by Crippen LogP contribution is 2.40. The second-order valence-corrected chi connectivity index (χ2v) is 8.61. The number of amides is 1. The van der Waals surface area contributed by atoms with Crippen LogP contribution in [-0.4, -0.2) is 22.2 Å². The monoisotopic (exact) mass is 434 g/mol. The maximum atomic E-state index is 12.8. The molecule has 8 heteroatoms. The Morgan fingerprint density at radius 2 is 1.63 bits per heavy atom. The number of nitrogens with zero attached hydrogens (tertiary/aromatic N) is 1. The molecule has 0 aliphatic carbocycles. The molecule has 1 unspecified atom stereocenters. The zero-order valence-corrected chi connectivity index (χ0v) is 18.5. The summed E-state index contributed by atoms with van der Waals surface area (Å²) in [6.07, 6.45) is 0. The number of fused-ring (bicyclic) bond motifs is 1. The van der Waals surface area contributed by atoms with E-state index in [0.29, 0.717) is 6.54 Å². The van der Waals surface area contributed by atoms with Gasteiger partial charge in [0.2, 0.25) is 11.7 Å². The maximum absolute atomic E-state index is 12.8. The molecule has 0 bridgehead atoms. The van der Waals surface area contributed by atoms with Gasteiger partial charge in [-0.1, -0.05) is 42.0 Å². The fourth-order valence-electron chi connectivity index (χ4n) is 3.59. The molecule has 1 amide bonds. The predicted octanol–water partition coefficient (Wildman–Crippen LogP) is -0.660. The van der Waals surface area contributed by atoms with Crippen LogP contribution in [0.3, 0.4) is 0 Å². The van der Waals surface area contributed by atoms with Crippen LogP contribution in [-0.2, 0) is 16.8 Å². The molecule has 2 aromatic carbocycles. The molecular formula is C22H27ClN2O5. The van der Waals surface area contributed by atoms with Gasteiger partial charge in [0.25, 0.3) is 5.91 Å². The fourth-order valence-corrected chi connectivity index (χ4v) is 3.59. The largest absolute Gasteiger partial charge is 0.346 e. The Balaban J connectivity index is 0.000000575. The second kappa shape index (κ2) is 9.24. The van der Waals surface area contributed by atoms with Gasteiger partial charge in [0, 0.05) is 32.0 Å². The van der Waals surface area contributed by atoms with Crippen molar-refractivity contribution >= 4 is 17.3 Å². The third kappa shape index (κ3) is 5.87. The molecule has 7 nitrogen and oxygen atoms in total. The van der Waals surface area contributed by atoms with Crippen LogP contribution in [0.4, 0.5) is 5.69 Å². The van der Waals surface area contributed by atoms with E-state index in [0.717, 1.165) is 11.3 Å². The van der Waals surface area contributed by atoms with Crippen LogP contribution in [0.5, 0.6) is 0 Å². The van der Waals surface area contributed by atoms with Crippen LogP contribution in [0, 0.1) is 17.2 Å². The molecule has 1 aliphatic heterocycles. The molecule has 2 aromatic rings. The highest BCUT2D eigenvalue weighted by Gasteiger charge is 2.46. The first-order chi connectivity index (χ1) is 13.8. The van der Waals surface area contributed by atoms with Crippen molar-refractivity contribution in [1.82, 2.24) is 5.32 Å². The van der Waals surface area contributed by atoms with Gasteiger partial charge in [0.1, 0.15) is 0 Å². The lowest BCUT2D eigenvalue weighted by atomic mass is 9.82. The van der Waals surface area contributed by atoms with Crippen molar-refractivity contribution in [2.24, 2.45) is 0 Å². The Morgan fingerprint density at radius 3 is 2.20 bits per heavy atom. The Labute approximate surface area is 179 Å². The van der Waals surface area contributed by atoms with E-state index in [2.05, 4.69) is 55.8 Å². The highest BCUT2D eigenvalue weighted by molar-refractivity contribution is 5.94. The van der Waals surface area contributed by atoms with Crippen LogP contribution in [0.2, 0.25) is 0 Å². The number of aryl methyl sites for hydroxylation is 1. The minimum atomic E-state index is -4.94. The molecule has 0 saturated carbocycles. The molecule has 0 aromatic heterocycles. The van der Waals surface area contributed by atoms with Gasteiger partial charge in [-0.05, 0) is 32.4 Å². The van der Waals surface area contributed by atoms with Crippen molar-refractivity contribution in [2.75, 3.05) is 0 Å². The predicted molar refractivity (Wildman–Crippen MR) is 103 cm³/mol. The van der Waals surface area contributed by atoms with Gasteiger partial charge in [-0.15, -0.1) is 10.2 Å². The smallest absolute Gasteiger partial charge is 0.289 e. The fraction of sp³-hybridized carbons (Fsp3) is 0.364. The van der Waals surface area contributed by atoms with E-state index in [1.54, 1.807) is 0 Å². The van der Waals surface area contributed by atoms with E-state index in [9.17, 15) is 4.79 Å². The topological polar surface area (TPSA) is 124 Å². The van der Waals surface area contributed by atoms with Gasteiger partial charge < -0.3 is 5.32 Å². The minimum Gasteiger partial charge on any atom is -0.346 e. The lowest BCUT2D eigenvalue weighted by molar-refractivity contribution is -2.00. The van der Waals surface area contributed by atoms with Gasteiger partial charge in [-0.2, -0.15) is 4.58 Å². The molecule has 0 radical (unpaired) electrons. The Bertz CT molecular complexity index is 930. The molecule has 1 aliphatic rings. The molecule has 1 N–H and O–H groups in total. The molecule has 0 spiro atoms. The number of hydrogen-bond donors (Lipinski definition) is 1. The third-order valence-corrected chi connectivity index (χ3v) is 5.43. The molecule has 3 rings (SSSR count). The lowest BCUT2D eigenvalue weighted by Gasteiger charge is -2.17. The van der Waals surface area contributed by atoms with E-state index >= 15 is 0 Å². The first-order valence-electron chi connectivity index (χ1n) is 9.50.